The van der Waals surface area contributed by atoms with Gasteiger partial charge in [0.1, 0.15) is 23.1 Å². The van der Waals surface area contributed by atoms with Gasteiger partial charge in [0.25, 0.3) is 0 Å². The van der Waals surface area contributed by atoms with Gasteiger partial charge in [0.15, 0.2) is 0 Å². The number of carbonyl (C=O) groups excluding carboxylic acids is 1. The molecule has 0 spiro atoms. The molecule has 0 aromatic heterocycles. The lowest BCUT2D eigenvalue weighted by Gasteiger charge is -2.10. The summed E-state index contributed by atoms with van der Waals surface area (Å²) in [5.41, 5.74) is 0.909. The van der Waals surface area contributed by atoms with Gasteiger partial charge in [-0.3, -0.25) is 0 Å². The third kappa shape index (κ3) is 4.80. The zero-order valence-corrected chi connectivity index (χ0v) is 13.7. The molecule has 3 rings (SSSR count). The molecule has 0 saturated heterocycles. The van der Waals surface area contributed by atoms with Crippen LogP contribution in [0.4, 0.5) is 19.3 Å². The number of ether oxygens (including phenoxy) is 1. The largest absolute Gasteiger partial charge is 0.457 e. The molecule has 2 N–H and O–H groups in total. The zero-order chi connectivity index (χ0) is 18.4. The highest BCUT2D eigenvalue weighted by molar-refractivity contribution is 5.89. The van der Waals surface area contributed by atoms with E-state index in [1.54, 1.807) is 30.3 Å². The van der Waals surface area contributed by atoms with E-state index in [4.69, 9.17) is 4.74 Å². The Kier molecular flexibility index (Phi) is 5.43. The van der Waals surface area contributed by atoms with Gasteiger partial charge >= 0.3 is 6.03 Å². The Balaban J connectivity index is 1.57. The minimum absolute atomic E-state index is 0.110. The summed E-state index contributed by atoms with van der Waals surface area (Å²) in [5, 5.41) is 5.10. The van der Waals surface area contributed by atoms with Crippen LogP contribution >= 0.6 is 0 Å². The number of carbonyl (C=O) groups is 1. The van der Waals surface area contributed by atoms with Crippen molar-refractivity contribution < 1.29 is 18.3 Å². The maximum absolute atomic E-state index is 13.5. The maximum Gasteiger partial charge on any atom is 0.319 e. The molecule has 0 aliphatic heterocycles. The van der Waals surface area contributed by atoms with Crippen molar-refractivity contribution in [3.8, 4) is 11.5 Å². The van der Waals surface area contributed by atoms with Gasteiger partial charge in [0.05, 0.1) is 5.69 Å². The molecule has 0 atom stereocenters. The number of halogens is 2. The Hall–Kier alpha value is -3.41. The molecule has 3 aromatic carbocycles. The van der Waals surface area contributed by atoms with E-state index in [0.29, 0.717) is 11.5 Å². The van der Waals surface area contributed by atoms with Crippen LogP contribution in [0.3, 0.4) is 0 Å². The summed E-state index contributed by atoms with van der Waals surface area (Å²) in [6.45, 7) is 0.237. The smallest absolute Gasteiger partial charge is 0.319 e. The van der Waals surface area contributed by atoms with Crippen LogP contribution in [0, 0.1) is 11.6 Å². The van der Waals surface area contributed by atoms with Gasteiger partial charge in [-0.15, -0.1) is 0 Å². The van der Waals surface area contributed by atoms with Crippen LogP contribution in [-0.2, 0) is 6.54 Å². The van der Waals surface area contributed by atoms with Crippen LogP contribution < -0.4 is 15.4 Å². The fourth-order valence-corrected chi connectivity index (χ4v) is 2.27. The molecule has 26 heavy (non-hydrogen) atoms. The van der Waals surface area contributed by atoms with Crippen LogP contribution in [0.1, 0.15) is 5.56 Å². The van der Waals surface area contributed by atoms with E-state index in [-0.39, 0.29) is 18.0 Å². The number of nitrogens with one attached hydrogen (secondary N) is 2. The lowest BCUT2D eigenvalue weighted by molar-refractivity contribution is 0.251. The summed E-state index contributed by atoms with van der Waals surface area (Å²) < 4.78 is 32.1. The lowest BCUT2D eigenvalue weighted by Crippen LogP contribution is -2.28. The molecule has 0 heterocycles. The second-order valence-electron chi connectivity index (χ2n) is 5.49. The molecule has 0 fully saturated rings. The summed E-state index contributed by atoms with van der Waals surface area (Å²) in [6, 6.07) is 18.2. The van der Waals surface area contributed by atoms with Crippen molar-refractivity contribution in [2.45, 2.75) is 6.54 Å². The quantitative estimate of drug-likeness (QED) is 0.671. The molecule has 0 unspecified atom stereocenters. The number of para-hydroxylation sites is 1. The monoisotopic (exact) mass is 354 g/mol. The number of rotatable bonds is 5. The number of hydrogen-bond donors (Lipinski definition) is 2. The Morgan fingerprint density at radius 2 is 1.65 bits per heavy atom. The van der Waals surface area contributed by atoms with E-state index < -0.39 is 11.8 Å². The highest BCUT2D eigenvalue weighted by Crippen LogP contribution is 2.22. The van der Waals surface area contributed by atoms with Crippen LogP contribution in [0.15, 0.2) is 72.8 Å². The van der Waals surface area contributed by atoms with Crippen molar-refractivity contribution in [1.82, 2.24) is 5.32 Å². The van der Waals surface area contributed by atoms with E-state index in [1.165, 1.54) is 36.4 Å². The Morgan fingerprint density at radius 3 is 2.42 bits per heavy atom. The average molecular weight is 354 g/mol. The molecule has 2 amide bonds. The summed E-state index contributed by atoms with van der Waals surface area (Å²) in [4.78, 5) is 11.9. The Morgan fingerprint density at radius 1 is 0.885 bits per heavy atom. The molecule has 4 nitrogen and oxygen atoms in total. The first kappa shape index (κ1) is 17.4. The normalized spacial score (nSPS) is 10.2. The van der Waals surface area contributed by atoms with Gasteiger partial charge in [0, 0.05) is 6.54 Å². The third-order valence-electron chi connectivity index (χ3n) is 3.52. The SMILES string of the molecule is O=C(NCc1cccc(Oc2ccc(F)cc2)c1)Nc1ccccc1F. The fourth-order valence-electron chi connectivity index (χ4n) is 2.27. The lowest BCUT2D eigenvalue weighted by atomic mass is 10.2. The summed E-state index contributed by atoms with van der Waals surface area (Å²) in [5.74, 6) is 0.229. The minimum atomic E-state index is -0.514. The first-order chi connectivity index (χ1) is 12.6. The number of amides is 2. The van der Waals surface area contributed by atoms with E-state index >= 15 is 0 Å². The molecule has 0 bridgehead atoms. The summed E-state index contributed by atoms with van der Waals surface area (Å²) >= 11 is 0. The topological polar surface area (TPSA) is 50.4 Å². The molecule has 3 aromatic rings. The van der Waals surface area contributed by atoms with Crippen molar-refractivity contribution in [3.63, 3.8) is 0 Å². The molecule has 0 saturated carbocycles. The van der Waals surface area contributed by atoms with Crippen LogP contribution in [0.5, 0.6) is 11.5 Å². The van der Waals surface area contributed by atoms with Gasteiger partial charge in [-0.25, -0.2) is 13.6 Å². The van der Waals surface area contributed by atoms with Crippen molar-refractivity contribution in [2.75, 3.05) is 5.32 Å². The molecular formula is C20H16F2N2O2. The van der Waals surface area contributed by atoms with Crippen molar-refractivity contribution >= 4 is 11.7 Å². The average Bonchev–Trinajstić information content (AvgIpc) is 2.64. The molecule has 6 heteroatoms. The van der Waals surface area contributed by atoms with Gasteiger partial charge in [-0.2, -0.15) is 0 Å². The Labute approximate surface area is 149 Å². The van der Waals surface area contributed by atoms with Crippen molar-refractivity contribution in [1.29, 1.82) is 0 Å². The van der Waals surface area contributed by atoms with E-state index in [9.17, 15) is 13.6 Å². The second kappa shape index (κ2) is 8.11. The Bertz CT molecular complexity index is 898. The highest BCUT2D eigenvalue weighted by atomic mass is 19.1. The van der Waals surface area contributed by atoms with Gasteiger partial charge < -0.3 is 15.4 Å². The number of hydrogen-bond acceptors (Lipinski definition) is 2. The van der Waals surface area contributed by atoms with Gasteiger partial charge in [0.2, 0.25) is 0 Å². The third-order valence-corrected chi connectivity index (χ3v) is 3.52. The van der Waals surface area contributed by atoms with Gasteiger partial charge in [-0.1, -0.05) is 24.3 Å². The minimum Gasteiger partial charge on any atom is -0.457 e. The predicted octanol–water partition coefficient (Wildman–Crippen LogP) is 5.08. The van der Waals surface area contributed by atoms with Crippen LogP contribution in [0.2, 0.25) is 0 Å². The fraction of sp³-hybridized carbons (Fsp3) is 0.0500. The number of urea groups is 1. The summed E-state index contributed by atoms with van der Waals surface area (Å²) in [6.07, 6.45) is 0. The first-order valence-electron chi connectivity index (χ1n) is 7.92. The maximum atomic E-state index is 13.5. The predicted molar refractivity (Wildman–Crippen MR) is 95.2 cm³/mol. The molecular weight excluding hydrogens is 338 g/mol. The standard InChI is InChI=1S/C20H16F2N2O2/c21-15-8-10-16(11-9-15)26-17-5-3-4-14(12-17)13-23-20(25)24-19-7-2-1-6-18(19)22/h1-12H,13H2,(H2,23,24,25). The van der Waals surface area contributed by atoms with Gasteiger partial charge in [-0.05, 0) is 54.1 Å². The molecule has 132 valence electrons. The highest BCUT2D eigenvalue weighted by Gasteiger charge is 2.06. The van der Waals surface area contributed by atoms with E-state index in [2.05, 4.69) is 10.6 Å². The van der Waals surface area contributed by atoms with Crippen molar-refractivity contribution in [2.24, 2.45) is 0 Å². The molecule has 0 aliphatic carbocycles. The van der Waals surface area contributed by atoms with E-state index in [0.717, 1.165) is 5.56 Å². The first-order valence-corrected chi connectivity index (χ1v) is 7.92. The van der Waals surface area contributed by atoms with Crippen molar-refractivity contribution in [3.05, 3.63) is 90.0 Å². The second-order valence-corrected chi connectivity index (χ2v) is 5.49. The number of benzene rings is 3. The van der Waals surface area contributed by atoms with Crippen LogP contribution in [-0.4, -0.2) is 6.03 Å². The number of anilines is 1. The molecule has 0 radical (unpaired) electrons. The van der Waals surface area contributed by atoms with Crippen LogP contribution in [0.25, 0.3) is 0 Å². The molecule has 0 aliphatic rings. The van der Waals surface area contributed by atoms with E-state index in [1.807, 2.05) is 6.07 Å². The summed E-state index contributed by atoms with van der Waals surface area (Å²) in [7, 11) is 0. The zero-order valence-electron chi connectivity index (χ0n) is 13.7.